The maximum Gasteiger partial charge on any atom is 0.293 e. The predicted octanol–water partition coefficient (Wildman–Crippen LogP) is 9.01. The van der Waals surface area contributed by atoms with Crippen molar-refractivity contribution >= 4 is 43.9 Å². The van der Waals surface area contributed by atoms with Crippen LogP contribution in [0, 0.1) is 21.8 Å². The van der Waals surface area contributed by atoms with E-state index in [4.69, 9.17) is 9.47 Å². The molecule has 3 N–H and O–H groups in total. The fraction of sp³-hybridized carbons (Fsp3) is 0.378. The molecule has 13 nitrogen and oxygen atoms in total. The molecule has 60 heavy (non-hydrogen) atoms. The zero-order valence-corrected chi connectivity index (χ0v) is 33.9. The van der Waals surface area contributed by atoms with E-state index in [9.17, 15) is 23.3 Å². The number of nitro benzene ring substituents is 1. The van der Waals surface area contributed by atoms with E-state index >= 15 is 4.39 Å². The van der Waals surface area contributed by atoms with E-state index in [1.54, 1.807) is 30.5 Å². The number of nitrogens with one attached hydrogen (secondary N) is 3. The summed E-state index contributed by atoms with van der Waals surface area (Å²) in [5, 5.41) is 15.9. The molecule has 2 aliphatic carbocycles. The Morgan fingerprint density at radius 3 is 2.67 bits per heavy atom. The maximum atomic E-state index is 15.1. The topological polar surface area (TPSA) is 169 Å². The van der Waals surface area contributed by atoms with Crippen molar-refractivity contribution in [2.45, 2.75) is 80.7 Å². The Balaban J connectivity index is 0.956. The molecule has 2 aliphatic heterocycles. The smallest absolute Gasteiger partial charge is 0.293 e. The molecular weight excluding hydrogens is 788 g/mol. The number of H-pyrrole nitrogens is 1. The third kappa shape index (κ3) is 8.38. The highest BCUT2D eigenvalue weighted by Gasteiger charge is 2.38. The zero-order chi connectivity index (χ0) is 41.4. The number of nitro groups is 1. The number of hydrogen-bond donors (Lipinski definition) is 3. The molecule has 4 heterocycles. The molecule has 1 saturated carbocycles. The first-order valence-corrected chi connectivity index (χ1v) is 22.3. The van der Waals surface area contributed by atoms with E-state index in [2.05, 4.69) is 37.0 Å². The van der Waals surface area contributed by atoms with Crippen LogP contribution in [0.4, 0.5) is 15.8 Å². The van der Waals surface area contributed by atoms with Crippen molar-refractivity contribution in [3.63, 3.8) is 0 Å². The number of carbonyl (C=O) groups is 1. The minimum absolute atomic E-state index is 0.0449. The molecule has 2 atom stereocenters. The number of likely N-dealkylation sites (tertiary alicyclic amines) is 1. The SMILES string of the molecule is O=C(NS(=O)(=O)c1ccc(NCC2CCOCC2)c([N+](=O)[O-])c1)c1ccc(C2=CCC(N3CCCC3c3cccc(F)c3C3CC3)CC2)cc1Oc1cnc2[nH]ccc2c1. The molecule has 1 amide bonds. The molecule has 9 rings (SSSR count). The van der Waals surface area contributed by atoms with Crippen molar-refractivity contribution in [1.82, 2.24) is 19.6 Å². The molecule has 2 aromatic heterocycles. The number of anilines is 1. The van der Waals surface area contributed by atoms with Crippen molar-refractivity contribution in [2.24, 2.45) is 5.92 Å². The van der Waals surface area contributed by atoms with E-state index in [1.165, 1.54) is 24.4 Å². The van der Waals surface area contributed by atoms with Crippen LogP contribution >= 0.6 is 0 Å². The third-order valence-corrected chi connectivity index (χ3v) is 13.7. The van der Waals surface area contributed by atoms with Crippen LogP contribution in [0.25, 0.3) is 16.6 Å². The van der Waals surface area contributed by atoms with Crippen molar-refractivity contribution in [3.8, 4) is 11.5 Å². The van der Waals surface area contributed by atoms with Gasteiger partial charge in [-0.2, -0.15) is 0 Å². The average molecular weight is 835 g/mol. The first kappa shape index (κ1) is 39.8. The molecule has 5 aromatic rings. The van der Waals surface area contributed by atoms with E-state index in [1.807, 2.05) is 12.1 Å². The molecule has 0 bridgehead atoms. The highest BCUT2D eigenvalue weighted by molar-refractivity contribution is 7.90. The lowest BCUT2D eigenvalue weighted by molar-refractivity contribution is -0.384. The van der Waals surface area contributed by atoms with Gasteiger partial charge in [0.2, 0.25) is 0 Å². The molecule has 4 aliphatic rings. The van der Waals surface area contributed by atoms with Gasteiger partial charge in [-0.1, -0.05) is 24.3 Å². The summed E-state index contributed by atoms with van der Waals surface area (Å²) in [5.41, 5.74) is 4.34. The number of rotatable bonds is 13. The van der Waals surface area contributed by atoms with Crippen LogP contribution < -0.4 is 14.8 Å². The van der Waals surface area contributed by atoms with Gasteiger partial charge in [-0.25, -0.2) is 22.5 Å². The summed E-state index contributed by atoms with van der Waals surface area (Å²) in [6, 6.07) is 18.3. The minimum Gasteiger partial charge on any atom is -0.455 e. The number of sulfonamides is 1. The number of amides is 1. The molecule has 2 saturated heterocycles. The van der Waals surface area contributed by atoms with Crippen LogP contribution in [0.15, 0.2) is 90.1 Å². The van der Waals surface area contributed by atoms with E-state index in [-0.39, 0.29) is 34.8 Å². The molecule has 3 fully saturated rings. The number of nitrogens with zero attached hydrogens (tertiary/aromatic N) is 3. The molecule has 0 radical (unpaired) electrons. The Kier molecular flexibility index (Phi) is 11.1. The lowest BCUT2D eigenvalue weighted by Gasteiger charge is -2.36. The summed E-state index contributed by atoms with van der Waals surface area (Å²) >= 11 is 0. The Morgan fingerprint density at radius 2 is 1.88 bits per heavy atom. The second kappa shape index (κ2) is 16.8. The van der Waals surface area contributed by atoms with Crippen LogP contribution in [0.5, 0.6) is 11.5 Å². The lowest BCUT2D eigenvalue weighted by atomic mass is 9.88. The number of pyridine rings is 1. The van der Waals surface area contributed by atoms with Gasteiger partial charge in [-0.05, 0) is 141 Å². The van der Waals surface area contributed by atoms with E-state index in [0.29, 0.717) is 43.1 Å². The Bertz CT molecular complexity index is 2590. The quantitative estimate of drug-likeness (QED) is 0.0769. The third-order valence-electron chi connectivity index (χ3n) is 12.4. The highest BCUT2D eigenvalue weighted by atomic mass is 32.2. The van der Waals surface area contributed by atoms with Gasteiger partial charge >= 0.3 is 0 Å². The number of hydrogen-bond acceptors (Lipinski definition) is 10. The van der Waals surface area contributed by atoms with Crippen LogP contribution in [0.3, 0.4) is 0 Å². The number of carbonyl (C=O) groups excluding carboxylic acids is 1. The Labute approximate surface area is 347 Å². The largest absolute Gasteiger partial charge is 0.455 e. The Hall–Kier alpha value is -5.64. The monoisotopic (exact) mass is 834 g/mol. The van der Waals surface area contributed by atoms with Gasteiger partial charge in [0, 0.05) is 49.5 Å². The maximum absolute atomic E-state index is 15.1. The van der Waals surface area contributed by atoms with Crippen LogP contribution in [0.2, 0.25) is 0 Å². The summed E-state index contributed by atoms with van der Waals surface area (Å²) in [6.07, 6.45) is 13.8. The second-order valence-electron chi connectivity index (χ2n) is 16.3. The van der Waals surface area contributed by atoms with Crippen molar-refractivity contribution in [2.75, 3.05) is 31.6 Å². The molecule has 0 spiro atoms. The van der Waals surface area contributed by atoms with Crippen molar-refractivity contribution in [1.29, 1.82) is 0 Å². The van der Waals surface area contributed by atoms with Crippen LogP contribution in [-0.2, 0) is 14.8 Å². The molecule has 3 aromatic carbocycles. The summed E-state index contributed by atoms with van der Waals surface area (Å²) in [7, 11) is -4.56. The normalized spacial score (nSPS) is 20.2. The molecule has 312 valence electrons. The Morgan fingerprint density at radius 1 is 1.03 bits per heavy atom. The summed E-state index contributed by atoms with van der Waals surface area (Å²) < 4.78 is 56.2. The van der Waals surface area contributed by atoms with Crippen molar-refractivity contribution < 1.29 is 32.0 Å². The number of aromatic nitrogens is 2. The predicted molar refractivity (Wildman–Crippen MR) is 225 cm³/mol. The van der Waals surface area contributed by atoms with Gasteiger partial charge in [0.25, 0.3) is 21.6 Å². The highest BCUT2D eigenvalue weighted by Crippen LogP contribution is 2.48. The van der Waals surface area contributed by atoms with Crippen LogP contribution in [-0.4, -0.2) is 66.5 Å². The fourth-order valence-corrected chi connectivity index (χ4v) is 10.1. The number of benzene rings is 3. The van der Waals surface area contributed by atoms with E-state index in [0.717, 1.165) is 98.0 Å². The van der Waals surface area contributed by atoms with Crippen molar-refractivity contribution in [3.05, 3.63) is 123 Å². The van der Waals surface area contributed by atoms with E-state index < -0.39 is 31.4 Å². The van der Waals surface area contributed by atoms with Gasteiger partial charge in [-0.3, -0.25) is 19.8 Å². The van der Waals surface area contributed by atoms with Gasteiger partial charge in [0.15, 0.2) is 0 Å². The summed E-state index contributed by atoms with van der Waals surface area (Å²) in [4.78, 5) is 34.9. The summed E-state index contributed by atoms with van der Waals surface area (Å²) in [6.45, 7) is 2.69. The second-order valence-corrected chi connectivity index (χ2v) is 18.0. The first-order valence-electron chi connectivity index (χ1n) is 20.8. The van der Waals surface area contributed by atoms with Gasteiger partial charge < -0.3 is 19.8 Å². The lowest BCUT2D eigenvalue weighted by Crippen LogP contribution is -2.36. The number of ether oxygens (including phenoxy) is 2. The number of halogens is 1. The number of aromatic amines is 1. The zero-order valence-electron chi connectivity index (χ0n) is 33.1. The fourth-order valence-electron chi connectivity index (χ4n) is 9.11. The van der Waals surface area contributed by atoms with Gasteiger partial charge in [-0.15, -0.1) is 0 Å². The summed E-state index contributed by atoms with van der Waals surface area (Å²) in [5.74, 6) is 0.0142. The van der Waals surface area contributed by atoms with Crippen LogP contribution in [0.1, 0.15) is 96.8 Å². The van der Waals surface area contributed by atoms with Gasteiger partial charge in [0.05, 0.1) is 21.6 Å². The molecule has 2 unspecified atom stereocenters. The first-order chi connectivity index (χ1) is 29.1. The number of allylic oxidation sites excluding steroid dienone is 1. The van der Waals surface area contributed by atoms with Gasteiger partial charge in [0.1, 0.15) is 28.7 Å². The standard InChI is InChI=1S/C45H47FN6O7S/c46-38-4-1-3-36(43(38)30-6-7-30)40-5-2-20-51(40)33-11-8-29(9-12-33)31-10-14-37(42(24-31)59-34-23-32-16-19-47-44(32)49-27-34)45(53)50-60(56,57)35-13-15-39(41(25-35)52(54)55)48-26-28-17-21-58-22-18-28/h1,3-4,8,10,13-16,19,23-25,27-28,30,33,40,48H,2,5-7,9,11-12,17-18,20-22,26H2,(H,47,49)(H,50,53). The molecular formula is C45H47FN6O7S. The number of fused-ring (bicyclic) bond motifs is 1. The minimum atomic E-state index is -4.56. The molecule has 15 heteroatoms. The average Bonchev–Trinajstić information content (AvgIpc) is 3.77.